The molecule has 0 aliphatic carbocycles. The van der Waals surface area contributed by atoms with Crippen LogP contribution in [0.5, 0.6) is 5.75 Å². The van der Waals surface area contributed by atoms with E-state index in [1.165, 1.54) is 35.2 Å². The summed E-state index contributed by atoms with van der Waals surface area (Å²) in [7, 11) is 1.63. The van der Waals surface area contributed by atoms with Crippen molar-refractivity contribution >= 4 is 44.9 Å². The van der Waals surface area contributed by atoms with E-state index in [0.717, 1.165) is 16.0 Å². The van der Waals surface area contributed by atoms with Crippen molar-refractivity contribution in [3.63, 3.8) is 0 Å². The van der Waals surface area contributed by atoms with Gasteiger partial charge in [0.1, 0.15) is 5.75 Å². The van der Waals surface area contributed by atoms with Gasteiger partial charge < -0.3 is 10.1 Å². The molecule has 0 radical (unpaired) electrons. The van der Waals surface area contributed by atoms with Crippen LogP contribution in [0.3, 0.4) is 0 Å². The van der Waals surface area contributed by atoms with Crippen molar-refractivity contribution in [1.29, 1.82) is 0 Å². The molecular formula is C18H17N3O4S2. The molecule has 0 saturated carbocycles. The van der Waals surface area contributed by atoms with Crippen LogP contribution in [0.1, 0.15) is 5.56 Å². The summed E-state index contributed by atoms with van der Waals surface area (Å²) in [6.45, 7) is 0.520. The fourth-order valence-corrected chi connectivity index (χ4v) is 4.42. The SMILES string of the molecule is COc1ccccc1CCNC(=O)CSc1nc2ccc([N+](=O)[O-])cc2s1. The predicted molar refractivity (Wildman–Crippen MR) is 107 cm³/mol. The highest BCUT2D eigenvalue weighted by Crippen LogP contribution is 2.31. The molecular weight excluding hydrogens is 386 g/mol. The van der Waals surface area contributed by atoms with E-state index in [4.69, 9.17) is 4.74 Å². The minimum absolute atomic E-state index is 0.0387. The number of benzene rings is 2. The molecule has 3 rings (SSSR count). The number of methoxy groups -OCH3 is 1. The zero-order valence-electron chi connectivity index (χ0n) is 14.5. The Morgan fingerprint density at radius 1 is 1.33 bits per heavy atom. The smallest absolute Gasteiger partial charge is 0.270 e. The van der Waals surface area contributed by atoms with Crippen LogP contribution in [0.15, 0.2) is 46.8 Å². The molecule has 7 nitrogen and oxygen atoms in total. The Labute approximate surface area is 163 Å². The van der Waals surface area contributed by atoms with Gasteiger partial charge in [0.15, 0.2) is 4.34 Å². The van der Waals surface area contributed by atoms with Crippen LogP contribution in [-0.4, -0.2) is 35.2 Å². The third-order valence-electron chi connectivity index (χ3n) is 3.80. The highest BCUT2D eigenvalue weighted by molar-refractivity contribution is 8.01. The van der Waals surface area contributed by atoms with E-state index in [2.05, 4.69) is 10.3 Å². The van der Waals surface area contributed by atoms with Gasteiger partial charge in [-0.15, -0.1) is 11.3 Å². The third kappa shape index (κ3) is 4.95. The number of thioether (sulfide) groups is 1. The first-order valence-electron chi connectivity index (χ1n) is 8.13. The van der Waals surface area contributed by atoms with Crippen LogP contribution in [0.25, 0.3) is 10.2 Å². The molecule has 27 heavy (non-hydrogen) atoms. The lowest BCUT2D eigenvalue weighted by Gasteiger charge is -2.08. The monoisotopic (exact) mass is 403 g/mol. The molecule has 0 fully saturated rings. The van der Waals surface area contributed by atoms with Crippen molar-refractivity contribution in [2.75, 3.05) is 19.4 Å². The Bertz CT molecular complexity index is 974. The maximum absolute atomic E-state index is 12.0. The standard InChI is InChI=1S/C18H17N3O4S2/c1-25-15-5-3-2-4-12(15)8-9-19-17(22)11-26-18-20-14-7-6-13(21(23)24)10-16(14)27-18/h2-7,10H,8-9,11H2,1H3,(H,19,22). The lowest BCUT2D eigenvalue weighted by Crippen LogP contribution is -2.27. The molecule has 1 aromatic heterocycles. The number of rotatable bonds is 8. The number of ether oxygens (including phenoxy) is 1. The zero-order valence-corrected chi connectivity index (χ0v) is 16.1. The molecule has 3 aromatic rings. The Balaban J connectivity index is 1.50. The highest BCUT2D eigenvalue weighted by atomic mass is 32.2. The molecule has 2 aromatic carbocycles. The minimum Gasteiger partial charge on any atom is -0.496 e. The zero-order chi connectivity index (χ0) is 19.2. The van der Waals surface area contributed by atoms with Gasteiger partial charge in [0.05, 0.1) is 28.0 Å². The van der Waals surface area contributed by atoms with Crippen molar-refractivity contribution in [2.24, 2.45) is 0 Å². The van der Waals surface area contributed by atoms with Crippen LogP contribution in [-0.2, 0) is 11.2 Å². The van der Waals surface area contributed by atoms with E-state index in [1.54, 1.807) is 13.2 Å². The van der Waals surface area contributed by atoms with Gasteiger partial charge in [-0.1, -0.05) is 30.0 Å². The molecule has 0 spiro atoms. The second-order valence-corrected chi connectivity index (χ2v) is 7.84. The molecule has 0 aliphatic rings. The predicted octanol–water partition coefficient (Wildman–Crippen LogP) is 3.66. The quantitative estimate of drug-likeness (QED) is 0.350. The first-order valence-corrected chi connectivity index (χ1v) is 9.93. The number of thiazole rings is 1. The van der Waals surface area contributed by atoms with Crippen molar-refractivity contribution in [3.8, 4) is 5.75 Å². The van der Waals surface area contributed by atoms with Crippen molar-refractivity contribution in [2.45, 2.75) is 10.8 Å². The number of hydrogen-bond donors (Lipinski definition) is 1. The van der Waals surface area contributed by atoms with Crippen molar-refractivity contribution < 1.29 is 14.5 Å². The topological polar surface area (TPSA) is 94.4 Å². The summed E-state index contributed by atoms with van der Waals surface area (Å²) in [5.74, 6) is 0.971. The number of carbonyl (C=O) groups excluding carboxylic acids is 1. The van der Waals surface area contributed by atoms with E-state index in [1.807, 2.05) is 24.3 Å². The number of non-ortho nitro benzene ring substituents is 1. The number of fused-ring (bicyclic) bond motifs is 1. The summed E-state index contributed by atoms with van der Waals surface area (Å²) in [5, 5.41) is 13.7. The molecule has 0 aliphatic heterocycles. The van der Waals surface area contributed by atoms with Crippen LogP contribution in [0, 0.1) is 10.1 Å². The summed E-state index contributed by atoms with van der Waals surface area (Å²) in [6.07, 6.45) is 0.686. The lowest BCUT2D eigenvalue weighted by molar-refractivity contribution is -0.384. The molecule has 140 valence electrons. The maximum atomic E-state index is 12.0. The van der Waals surface area contributed by atoms with Gasteiger partial charge in [-0.25, -0.2) is 4.98 Å². The van der Waals surface area contributed by atoms with E-state index in [9.17, 15) is 14.9 Å². The fraction of sp³-hybridized carbons (Fsp3) is 0.222. The van der Waals surface area contributed by atoms with Gasteiger partial charge in [-0.05, 0) is 24.1 Å². The van der Waals surface area contributed by atoms with Gasteiger partial charge in [0.2, 0.25) is 5.91 Å². The number of aromatic nitrogens is 1. The molecule has 9 heteroatoms. The van der Waals surface area contributed by atoms with E-state index in [-0.39, 0.29) is 17.3 Å². The Morgan fingerprint density at radius 2 is 2.15 bits per heavy atom. The molecule has 1 heterocycles. The number of hydrogen-bond acceptors (Lipinski definition) is 7. The first kappa shape index (κ1) is 19.1. The van der Waals surface area contributed by atoms with Crippen molar-refractivity contribution in [3.05, 3.63) is 58.1 Å². The number of amides is 1. The molecule has 0 atom stereocenters. The summed E-state index contributed by atoms with van der Waals surface area (Å²) >= 11 is 2.67. The largest absolute Gasteiger partial charge is 0.496 e. The third-order valence-corrected chi connectivity index (χ3v) is 5.96. The van der Waals surface area contributed by atoms with Gasteiger partial charge >= 0.3 is 0 Å². The van der Waals surface area contributed by atoms with Gasteiger partial charge in [0.25, 0.3) is 5.69 Å². The average Bonchev–Trinajstić information content (AvgIpc) is 3.08. The van der Waals surface area contributed by atoms with Gasteiger partial charge in [0, 0.05) is 18.7 Å². The first-order chi connectivity index (χ1) is 13.1. The van der Waals surface area contributed by atoms with Gasteiger partial charge in [-0.2, -0.15) is 0 Å². The minimum atomic E-state index is -0.429. The summed E-state index contributed by atoms with van der Waals surface area (Å²) in [4.78, 5) is 26.8. The number of carbonyl (C=O) groups is 1. The molecule has 0 bridgehead atoms. The average molecular weight is 403 g/mol. The van der Waals surface area contributed by atoms with E-state index in [0.29, 0.717) is 22.8 Å². The molecule has 0 saturated heterocycles. The number of para-hydroxylation sites is 1. The number of nitro benzene ring substituents is 1. The second kappa shape index (κ2) is 8.83. The van der Waals surface area contributed by atoms with Crippen LogP contribution < -0.4 is 10.1 Å². The Morgan fingerprint density at radius 3 is 2.93 bits per heavy atom. The second-order valence-electron chi connectivity index (χ2n) is 5.59. The maximum Gasteiger partial charge on any atom is 0.270 e. The van der Waals surface area contributed by atoms with Crippen molar-refractivity contribution in [1.82, 2.24) is 10.3 Å². The summed E-state index contributed by atoms with van der Waals surface area (Å²) in [6, 6.07) is 12.3. The Kier molecular flexibility index (Phi) is 6.25. The van der Waals surface area contributed by atoms with Gasteiger partial charge in [-0.3, -0.25) is 14.9 Å². The lowest BCUT2D eigenvalue weighted by atomic mass is 10.1. The number of nitrogens with one attached hydrogen (secondary N) is 1. The highest BCUT2D eigenvalue weighted by Gasteiger charge is 2.12. The Hall–Kier alpha value is -2.65. The van der Waals surface area contributed by atoms with Crippen LogP contribution in [0.4, 0.5) is 5.69 Å². The number of nitro groups is 1. The molecule has 0 unspecified atom stereocenters. The molecule has 1 N–H and O–H groups in total. The van der Waals surface area contributed by atoms with E-state index < -0.39 is 4.92 Å². The number of nitrogens with zero attached hydrogens (tertiary/aromatic N) is 2. The van der Waals surface area contributed by atoms with Crippen LogP contribution in [0.2, 0.25) is 0 Å². The van der Waals surface area contributed by atoms with Crippen LogP contribution >= 0.6 is 23.1 Å². The fourth-order valence-electron chi connectivity index (χ4n) is 2.49. The molecule has 1 amide bonds. The van der Waals surface area contributed by atoms with E-state index >= 15 is 0 Å². The summed E-state index contributed by atoms with van der Waals surface area (Å²) in [5.41, 5.74) is 1.78. The summed E-state index contributed by atoms with van der Waals surface area (Å²) < 4.78 is 6.75. The normalized spacial score (nSPS) is 10.7.